The van der Waals surface area contributed by atoms with Crippen LogP contribution in [0.1, 0.15) is 245 Å². The number of furan rings is 1. The number of nitrogens with zero attached hydrogens (tertiary/aromatic N) is 3. The molecule has 656 valence electrons. The van der Waals surface area contributed by atoms with Crippen LogP contribution >= 0.6 is 11.3 Å². The van der Waals surface area contributed by atoms with Crippen molar-refractivity contribution >= 4 is 105 Å². The van der Waals surface area contributed by atoms with E-state index in [1.807, 2.05) is 11.3 Å². The standard InChI is InChI=1S/C51H47N.C38H37NO.C38H37NS/c1-3-10-40(11-4-1)51(41-12-5-2-6-13-41)47-15-8-7-14-44(47)50-48(51)16-9-17-49(50)52(42-26-22-36(23-27-42)45-32-34-18-20-38(45)30-34)43-28-24-37(25-29-43)46-33-35-19-21-39(46)31-35;2*1-2-6-36-32(4-1)38-35(5-3-7-37(38)40-36)39(30-16-12-26(13-17-30)33-22-24-8-10-28(33)20-24)31-18-14-27(15-19-31)34-23-25-9-11-29(34)21-25/h1-17,22-29,34-35,38-39,45-46H,18-21,30-33H2;2*1-7,12-19,24-25,28-29,33-34H,8-11,20-23H2. The summed E-state index contributed by atoms with van der Waals surface area (Å²) in [6, 6.07) is 127. The van der Waals surface area contributed by atoms with Crippen LogP contribution in [0.2, 0.25) is 0 Å². The zero-order valence-electron chi connectivity index (χ0n) is 76.3. The minimum Gasteiger partial charge on any atom is -0.456 e. The molecule has 5 heteroatoms. The quantitative estimate of drug-likeness (QED) is 0.0906. The van der Waals surface area contributed by atoms with Gasteiger partial charge in [0.1, 0.15) is 11.2 Å². The molecule has 18 unspecified atom stereocenters. The second-order valence-electron chi connectivity index (χ2n) is 43.5. The Bertz CT molecular complexity index is 6440. The number of hydrogen-bond acceptors (Lipinski definition) is 5. The Morgan fingerprint density at radius 3 is 0.917 bits per heavy atom. The number of rotatable bonds is 17. The third-order valence-electron chi connectivity index (χ3n) is 36.8. The van der Waals surface area contributed by atoms with Gasteiger partial charge in [0.15, 0.2) is 0 Å². The van der Waals surface area contributed by atoms with E-state index in [1.165, 1.54) is 281 Å². The van der Waals surface area contributed by atoms with Crippen molar-refractivity contribution in [2.75, 3.05) is 14.7 Å². The van der Waals surface area contributed by atoms with E-state index in [4.69, 9.17) is 4.42 Å². The zero-order valence-corrected chi connectivity index (χ0v) is 77.1. The van der Waals surface area contributed by atoms with Gasteiger partial charge in [-0.25, -0.2) is 0 Å². The van der Waals surface area contributed by atoms with Crippen LogP contribution in [0.3, 0.4) is 0 Å². The molecule has 29 rings (SSSR count). The maximum atomic E-state index is 6.32. The van der Waals surface area contributed by atoms with E-state index in [0.717, 1.165) is 118 Å². The van der Waals surface area contributed by atoms with E-state index >= 15 is 0 Å². The fourth-order valence-corrected chi connectivity index (χ4v) is 32.1. The van der Waals surface area contributed by atoms with Gasteiger partial charge in [0.2, 0.25) is 0 Å². The Kier molecular flexibility index (Phi) is 20.0. The van der Waals surface area contributed by atoms with Crippen LogP contribution < -0.4 is 14.7 Å². The first-order valence-electron chi connectivity index (χ1n) is 51.5. The first kappa shape index (κ1) is 80.2. The molecule has 0 aliphatic heterocycles. The molecule has 2 aromatic heterocycles. The fraction of sp³-hybridized carbons (Fsp3) is 0.339. The molecule has 0 radical (unpaired) electrons. The minimum absolute atomic E-state index is 0.423. The van der Waals surface area contributed by atoms with Gasteiger partial charge in [0.05, 0.1) is 27.9 Å². The lowest BCUT2D eigenvalue weighted by Crippen LogP contribution is -2.28. The SMILES string of the molecule is c1ccc(C2(c3ccccc3)c3ccccc3-c3c(N(c4ccc(C5CC6CCC5C6)cc4)c4ccc(C5CC6CCC5C6)cc4)cccc32)cc1.c1ccc2c(c1)oc1cccc(N(c3ccc(C4CC5CCC4C5)cc3)c3ccc(C4CC5CCC4C5)cc3)c12.c1ccc2c(c1)sc1cccc(N(c3ccc(C4CC5CCC4C5)cc3)c3ccc(C4CC5CCC4C5)cc3)c12. The maximum Gasteiger partial charge on any atom is 0.137 e. The van der Waals surface area contributed by atoms with Crippen LogP contribution in [0, 0.1) is 71.0 Å². The number of fused-ring (bicyclic) bond motifs is 21. The van der Waals surface area contributed by atoms with Crippen LogP contribution in [0.4, 0.5) is 51.2 Å². The van der Waals surface area contributed by atoms with Gasteiger partial charge in [-0.2, -0.15) is 0 Å². The third kappa shape index (κ3) is 13.7. The van der Waals surface area contributed by atoms with Crippen molar-refractivity contribution in [2.45, 2.75) is 195 Å². The predicted molar refractivity (Wildman–Crippen MR) is 550 cm³/mol. The summed E-state index contributed by atoms with van der Waals surface area (Å²) in [5.74, 6) is 15.7. The number of para-hydroxylation sites is 1. The van der Waals surface area contributed by atoms with Crippen LogP contribution in [-0.2, 0) is 5.41 Å². The highest BCUT2D eigenvalue weighted by Crippen LogP contribution is 2.64. The molecule has 12 fully saturated rings. The van der Waals surface area contributed by atoms with Crippen molar-refractivity contribution in [3.8, 4) is 11.1 Å². The molecule has 4 nitrogen and oxygen atoms in total. The molecule has 0 saturated heterocycles. The van der Waals surface area contributed by atoms with Gasteiger partial charge in [-0.1, -0.05) is 257 Å². The zero-order chi connectivity index (χ0) is 86.6. The number of anilines is 9. The van der Waals surface area contributed by atoms with Crippen molar-refractivity contribution in [3.05, 3.63) is 389 Å². The average molecular weight is 1740 g/mol. The molecule has 12 bridgehead atoms. The van der Waals surface area contributed by atoms with Crippen molar-refractivity contribution in [2.24, 2.45) is 71.0 Å². The highest BCUT2D eigenvalue weighted by Gasteiger charge is 2.50. The van der Waals surface area contributed by atoms with E-state index in [-0.39, 0.29) is 0 Å². The number of benzene rings is 14. The highest BCUT2D eigenvalue weighted by molar-refractivity contribution is 7.26. The number of thiophene rings is 1. The topological polar surface area (TPSA) is 22.9 Å². The Morgan fingerprint density at radius 1 is 0.227 bits per heavy atom. The van der Waals surface area contributed by atoms with E-state index < -0.39 is 5.41 Å². The van der Waals surface area contributed by atoms with E-state index in [0.29, 0.717) is 0 Å². The summed E-state index contributed by atoms with van der Waals surface area (Å²) in [6.07, 6.45) is 34.3. The van der Waals surface area contributed by atoms with Crippen molar-refractivity contribution in [1.29, 1.82) is 0 Å². The lowest BCUT2D eigenvalue weighted by molar-refractivity contribution is 0.420. The molecule has 13 aliphatic rings. The van der Waals surface area contributed by atoms with Crippen LogP contribution in [-0.4, -0.2) is 0 Å². The monoisotopic (exact) mass is 1740 g/mol. The molecule has 14 aromatic carbocycles. The molecule has 0 N–H and O–H groups in total. The molecular formula is C127H121N3OS. The summed E-state index contributed by atoms with van der Waals surface area (Å²) in [7, 11) is 0. The summed E-state index contributed by atoms with van der Waals surface area (Å²) < 4.78 is 9.04. The molecule has 12 saturated carbocycles. The van der Waals surface area contributed by atoms with Gasteiger partial charge >= 0.3 is 0 Å². The molecule has 13 aliphatic carbocycles. The van der Waals surface area contributed by atoms with Gasteiger partial charge in [0.25, 0.3) is 0 Å². The average Bonchev–Trinajstić information content (AvgIpc) is 1.51. The lowest BCUT2D eigenvalue weighted by atomic mass is 9.68. The molecule has 2 heterocycles. The predicted octanol–water partition coefficient (Wildman–Crippen LogP) is 35.5. The first-order chi connectivity index (χ1) is 65.3. The molecule has 18 atom stereocenters. The highest BCUT2D eigenvalue weighted by atomic mass is 32.1. The Morgan fingerprint density at radius 2 is 0.530 bits per heavy atom. The Labute approximate surface area is 784 Å². The molecular weight excluding hydrogens is 1620 g/mol. The Balaban J connectivity index is 0.000000103. The maximum absolute atomic E-state index is 6.32. The molecule has 16 aromatic rings. The fourth-order valence-electron chi connectivity index (χ4n) is 31.0. The molecule has 132 heavy (non-hydrogen) atoms. The Hall–Kier alpha value is -11.5. The first-order valence-corrected chi connectivity index (χ1v) is 52.3. The smallest absolute Gasteiger partial charge is 0.137 e. The van der Waals surface area contributed by atoms with Crippen LogP contribution in [0.5, 0.6) is 0 Å². The summed E-state index contributed by atoms with van der Waals surface area (Å²) in [5, 5.41) is 5.10. The van der Waals surface area contributed by atoms with Gasteiger partial charge in [-0.15, -0.1) is 11.3 Å². The van der Waals surface area contributed by atoms with Crippen molar-refractivity contribution < 1.29 is 4.42 Å². The normalized spacial score (nSPS) is 27.6. The van der Waals surface area contributed by atoms with Gasteiger partial charge in [-0.05, 0) is 399 Å². The molecule has 0 spiro atoms. The van der Waals surface area contributed by atoms with E-state index in [1.54, 1.807) is 22.3 Å². The van der Waals surface area contributed by atoms with E-state index in [2.05, 4.69) is 348 Å². The summed E-state index contributed by atoms with van der Waals surface area (Å²) in [4.78, 5) is 7.55. The van der Waals surface area contributed by atoms with Crippen molar-refractivity contribution in [1.82, 2.24) is 0 Å². The second kappa shape index (κ2) is 33.0. The number of hydrogen-bond donors (Lipinski definition) is 0. The summed E-state index contributed by atoms with van der Waals surface area (Å²) in [6.45, 7) is 0. The second-order valence-corrected chi connectivity index (χ2v) is 44.6. The minimum atomic E-state index is -0.423. The van der Waals surface area contributed by atoms with Crippen LogP contribution in [0.25, 0.3) is 53.2 Å². The van der Waals surface area contributed by atoms with Crippen molar-refractivity contribution in [3.63, 3.8) is 0 Å². The van der Waals surface area contributed by atoms with Gasteiger partial charge in [-0.3, -0.25) is 0 Å². The van der Waals surface area contributed by atoms with Gasteiger partial charge in [0, 0.05) is 65.2 Å². The van der Waals surface area contributed by atoms with Crippen LogP contribution in [0.15, 0.2) is 338 Å². The molecule has 0 amide bonds. The van der Waals surface area contributed by atoms with E-state index in [9.17, 15) is 0 Å². The van der Waals surface area contributed by atoms with Gasteiger partial charge < -0.3 is 19.1 Å². The third-order valence-corrected chi connectivity index (χ3v) is 38.0. The lowest BCUT2D eigenvalue weighted by Gasteiger charge is -2.34. The largest absolute Gasteiger partial charge is 0.456 e. The summed E-state index contributed by atoms with van der Waals surface area (Å²) >= 11 is 1.91. The summed E-state index contributed by atoms with van der Waals surface area (Å²) in [5.41, 5.74) is 29.9.